The summed E-state index contributed by atoms with van der Waals surface area (Å²) in [6, 6.07) is 16.0. The van der Waals surface area contributed by atoms with E-state index in [9.17, 15) is 19.2 Å². The summed E-state index contributed by atoms with van der Waals surface area (Å²) < 4.78 is 6.34. The lowest BCUT2D eigenvalue weighted by Gasteiger charge is -2.24. The molecule has 2 aromatic carbocycles. The van der Waals surface area contributed by atoms with Crippen LogP contribution < -0.4 is 27.4 Å². The van der Waals surface area contributed by atoms with Crippen molar-refractivity contribution < 1.29 is 9.53 Å². The first-order valence-electron chi connectivity index (χ1n) is 11.3. The number of nitrogens with two attached hydrogens (primary N) is 1. The molecule has 0 spiro atoms. The zero-order valence-corrected chi connectivity index (χ0v) is 19.7. The minimum absolute atomic E-state index is 0.113. The Kier molecular flexibility index (Phi) is 7.40. The monoisotopic (exact) mass is 490 g/mol. The van der Waals surface area contributed by atoms with Crippen LogP contribution >= 0.6 is 0 Å². The Morgan fingerprint density at radius 1 is 1.03 bits per heavy atom. The van der Waals surface area contributed by atoms with Crippen LogP contribution in [0.15, 0.2) is 69.0 Å². The van der Waals surface area contributed by atoms with Gasteiger partial charge in [0.05, 0.1) is 24.0 Å². The van der Waals surface area contributed by atoms with E-state index < -0.39 is 17.2 Å². The third-order valence-corrected chi connectivity index (χ3v) is 5.79. The minimum Gasteiger partial charge on any atom is -0.385 e. The van der Waals surface area contributed by atoms with Crippen LogP contribution in [-0.2, 0) is 22.5 Å². The SMILES string of the molecule is COCCCN(C(=O)Cc1n[nH]c(=O)c2ccccc12)c1c(N)n(Cc2ccccc2)c(=O)[nH]c1=O. The van der Waals surface area contributed by atoms with Crippen LogP contribution in [0.5, 0.6) is 0 Å². The number of methoxy groups -OCH3 is 1. The smallest absolute Gasteiger partial charge is 0.330 e. The number of H-pyrrole nitrogens is 2. The molecular formula is C25H26N6O5. The zero-order valence-electron chi connectivity index (χ0n) is 19.7. The Morgan fingerprint density at radius 3 is 2.44 bits per heavy atom. The maximum atomic E-state index is 13.6. The van der Waals surface area contributed by atoms with E-state index in [0.29, 0.717) is 29.5 Å². The molecule has 0 saturated heterocycles. The normalized spacial score (nSPS) is 11.0. The first kappa shape index (κ1) is 24.6. The highest BCUT2D eigenvalue weighted by Gasteiger charge is 2.25. The van der Waals surface area contributed by atoms with Crippen LogP contribution in [0.4, 0.5) is 11.5 Å². The molecule has 11 nitrogen and oxygen atoms in total. The number of nitrogens with zero attached hydrogens (tertiary/aromatic N) is 3. The number of benzene rings is 2. The van der Waals surface area contributed by atoms with Crippen molar-refractivity contribution in [3.8, 4) is 0 Å². The number of nitrogens with one attached hydrogen (secondary N) is 2. The molecular weight excluding hydrogens is 464 g/mol. The molecule has 0 unspecified atom stereocenters. The molecule has 0 saturated carbocycles. The predicted octanol–water partition coefficient (Wildman–Crippen LogP) is 1.02. The molecule has 4 aromatic rings. The van der Waals surface area contributed by atoms with Gasteiger partial charge in [0.2, 0.25) is 5.91 Å². The van der Waals surface area contributed by atoms with Crippen molar-refractivity contribution in [3.63, 3.8) is 0 Å². The Hall–Kier alpha value is -4.51. The molecule has 0 aliphatic heterocycles. The lowest BCUT2D eigenvalue weighted by molar-refractivity contribution is -0.118. The van der Waals surface area contributed by atoms with E-state index in [0.717, 1.165) is 5.56 Å². The quantitative estimate of drug-likeness (QED) is 0.296. The molecule has 0 bridgehead atoms. The number of amides is 1. The van der Waals surface area contributed by atoms with Gasteiger partial charge in [0.15, 0.2) is 5.69 Å². The number of nitrogen functional groups attached to an aromatic ring is 1. The van der Waals surface area contributed by atoms with Gasteiger partial charge in [-0.1, -0.05) is 48.5 Å². The van der Waals surface area contributed by atoms with Crippen molar-refractivity contribution in [1.29, 1.82) is 0 Å². The number of rotatable bonds is 9. The van der Waals surface area contributed by atoms with Crippen LogP contribution in [0, 0.1) is 0 Å². The average molecular weight is 491 g/mol. The number of carbonyl (C=O) groups excluding carboxylic acids is 1. The molecule has 2 heterocycles. The Bertz CT molecular complexity index is 1560. The minimum atomic E-state index is -0.771. The summed E-state index contributed by atoms with van der Waals surface area (Å²) in [5.41, 5.74) is 5.54. The van der Waals surface area contributed by atoms with Gasteiger partial charge in [-0.3, -0.25) is 23.9 Å². The second-order valence-electron chi connectivity index (χ2n) is 8.18. The molecule has 0 atom stereocenters. The predicted molar refractivity (Wildman–Crippen MR) is 136 cm³/mol. The number of hydrogen-bond donors (Lipinski definition) is 3. The molecule has 0 aliphatic rings. The largest absolute Gasteiger partial charge is 0.385 e. The molecule has 186 valence electrons. The fourth-order valence-corrected chi connectivity index (χ4v) is 4.03. The van der Waals surface area contributed by atoms with Crippen molar-refractivity contribution in [3.05, 3.63) is 97.0 Å². The van der Waals surface area contributed by atoms with Crippen LogP contribution in [0.3, 0.4) is 0 Å². The summed E-state index contributed by atoms with van der Waals surface area (Å²) >= 11 is 0. The highest BCUT2D eigenvalue weighted by Crippen LogP contribution is 2.21. The number of aromatic nitrogens is 4. The Labute approximate surface area is 205 Å². The Balaban J connectivity index is 1.76. The lowest BCUT2D eigenvalue weighted by atomic mass is 10.1. The lowest BCUT2D eigenvalue weighted by Crippen LogP contribution is -2.42. The molecule has 11 heteroatoms. The van der Waals surface area contributed by atoms with Gasteiger partial charge in [-0.15, -0.1) is 0 Å². The Morgan fingerprint density at radius 2 is 1.72 bits per heavy atom. The number of fused-ring (bicyclic) bond motifs is 1. The first-order chi connectivity index (χ1) is 17.4. The third kappa shape index (κ3) is 5.10. The van der Waals surface area contributed by atoms with Crippen molar-refractivity contribution in [2.24, 2.45) is 0 Å². The molecule has 0 aliphatic carbocycles. The molecule has 2 aromatic heterocycles. The van der Waals surface area contributed by atoms with E-state index in [1.807, 2.05) is 30.3 Å². The molecule has 1 amide bonds. The van der Waals surface area contributed by atoms with Gasteiger partial charge in [0, 0.05) is 25.6 Å². The fraction of sp³-hybridized carbons (Fsp3) is 0.240. The number of aromatic amines is 2. The average Bonchev–Trinajstić information content (AvgIpc) is 2.88. The maximum absolute atomic E-state index is 13.6. The molecule has 4 rings (SSSR count). The molecule has 0 fully saturated rings. The first-order valence-corrected chi connectivity index (χ1v) is 11.3. The van der Waals surface area contributed by atoms with Crippen LogP contribution in [0.2, 0.25) is 0 Å². The summed E-state index contributed by atoms with van der Waals surface area (Å²) in [6.45, 7) is 0.567. The zero-order chi connectivity index (χ0) is 25.7. The van der Waals surface area contributed by atoms with E-state index in [-0.39, 0.29) is 36.6 Å². The highest BCUT2D eigenvalue weighted by atomic mass is 16.5. The highest BCUT2D eigenvalue weighted by molar-refractivity contribution is 5.98. The van der Waals surface area contributed by atoms with Crippen molar-refractivity contribution in [2.45, 2.75) is 19.4 Å². The summed E-state index contributed by atoms with van der Waals surface area (Å²) in [5, 5.41) is 7.41. The van der Waals surface area contributed by atoms with E-state index in [1.54, 1.807) is 24.3 Å². The summed E-state index contributed by atoms with van der Waals surface area (Å²) in [7, 11) is 1.53. The van der Waals surface area contributed by atoms with E-state index in [2.05, 4.69) is 15.2 Å². The second-order valence-corrected chi connectivity index (χ2v) is 8.18. The molecule has 4 N–H and O–H groups in total. The van der Waals surface area contributed by atoms with Crippen molar-refractivity contribution in [2.75, 3.05) is 30.9 Å². The van der Waals surface area contributed by atoms with Crippen LogP contribution in [0.1, 0.15) is 17.7 Å². The molecule has 36 heavy (non-hydrogen) atoms. The number of ether oxygens (including phenoxy) is 1. The van der Waals surface area contributed by atoms with Crippen molar-refractivity contribution in [1.82, 2.24) is 19.7 Å². The summed E-state index contributed by atoms with van der Waals surface area (Å²) in [6.07, 6.45) is 0.208. The van der Waals surface area contributed by atoms with Crippen LogP contribution in [-0.4, -0.2) is 45.9 Å². The number of hydrogen-bond acceptors (Lipinski definition) is 7. The van der Waals surface area contributed by atoms with E-state index in [1.165, 1.54) is 16.6 Å². The van der Waals surface area contributed by atoms with Gasteiger partial charge in [-0.05, 0) is 18.1 Å². The number of anilines is 2. The fourth-order valence-electron chi connectivity index (χ4n) is 4.03. The summed E-state index contributed by atoms with van der Waals surface area (Å²) in [5.74, 6) is -0.601. The van der Waals surface area contributed by atoms with Gasteiger partial charge < -0.3 is 15.4 Å². The van der Waals surface area contributed by atoms with E-state index >= 15 is 0 Å². The third-order valence-electron chi connectivity index (χ3n) is 5.79. The van der Waals surface area contributed by atoms with Gasteiger partial charge in [0.25, 0.3) is 11.1 Å². The standard InChI is InChI=1S/C25H26N6O5/c1-36-13-7-12-30(20(32)14-19-17-10-5-6-11-18(17)23(33)29-28-19)21-22(26)31(25(35)27-24(21)34)15-16-8-3-2-4-9-16/h2-6,8-11H,7,12-15,26H2,1H3,(H,29,33)(H,27,34,35). The topological polar surface area (TPSA) is 156 Å². The van der Waals surface area contributed by atoms with Gasteiger partial charge in [0.1, 0.15) is 5.82 Å². The second kappa shape index (κ2) is 10.8. The van der Waals surface area contributed by atoms with Gasteiger partial charge in [-0.25, -0.2) is 9.89 Å². The van der Waals surface area contributed by atoms with E-state index in [4.69, 9.17) is 10.5 Å². The number of carbonyl (C=O) groups is 1. The summed E-state index contributed by atoms with van der Waals surface area (Å²) in [4.78, 5) is 54.7. The van der Waals surface area contributed by atoms with Crippen LogP contribution in [0.25, 0.3) is 10.8 Å². The van der Waals surface area contributed by atoms with Gasteiger partial charge in [-0.2, -0.15) is 5.10 Å². The maximum Gasteiger partial charge on any atom is 0.330 e. The molecule has 0 radical (unpaired) electrons. The van der Waals surface area contributed by atoms with Gasteiger partial charge >= 0.3 is 5.69 Å². The van der Waals surface area contributed by atoms with Crippen molar-refractivity contribution >= 4 is 28.2 Å².